The van der Waals surface area contributed by atoms with Gasteiger partial charge in [0.05, 0.1) is 34.2 Å². The Hall–Kier alpha value is -2.64. The molecule has 3 heterocycles. The number of Topliss-reactive ketones (excluding diaryl/α,β-unsaturated/α-hetero) is 1. The number of halogens is 1. The number of rotatable bonds is 3. The van der Waals surface area contributed by atoms with Gasteiger partial charge < -0.3 is 0 Å². The summed E-state index contributed by atoms with van der Waals surface area (Å²) in [6, 6.07) is 12.1. The number of ketones is 1. The van der Waals surface area contributed by atoms with E-state index in [4.69, 9.17) is 4.98 Å². The lowest BCUT2D eigenvalue weighted by Gasteiger charge is -2.36. The van der Waals surface area contributed by atoms with E-state index in [-0.39, 0.29) is 11.6 Å². The molecule has 0 radical (unpaired) electrons. The third-order valence-electron chi connectivity index (χ3n) is 5.47. The highest BCUT2D eigenvalue weighted by Gasteiger charge is 2.38. The average molecular weight is 395 g/mol. The molecule has 1 fully saturated rings. The SMILES string of the molecule is O=C1C(=O)N(CN2CCCC[C@@H]2c2nc3ccccc3s2)c2ccc(F)cc21. The van der Waals surface area contributed by atoms with E-state index in [2.05, 4.69) is 11.0 Å². The summed E-state index contributed by atoms with van der Waals surface area (Å²) in [6.45, 7) is 1.14. The van der Waals surface area contributed by atoms with Crippen LogP contribution in [0.1, 0.15) is 40.7 Å². The molecule has 2 aromatic carbocycles. The molecular weight excluding hydrogens is 377 g/mol. The van der Waals surface area contributed by atoms with Gasteiger partial charge in [-0.25, -0.2) is 9.37 Å². The molecule has 142 valence electrons. The molecule has 1 aromatic heterocycles. The van der Waals surface area contributed by atoms with Gasteiger partial charge in [0.1, 0.15) is 10.8 Å². The summed E-state index contributed by atoms with van der Waals surface area (Å²) >= 11 is 1.68. The van der Waals surface area contributed by atoms with Gasteiger partial charge in [-0.2, -0.15) is 0 Å². The maximum Gasteiger partial charge on any atom is 0.300 e. The van der Waals surface area contributed by atoms with E-state index in [0.29, 0.717) is 12.4 Å². The Bertz CT molecular complexity index is 1060. The van der Waals surface area contributed by atoms with Crippen LogP contribution in [0.2, 0.25) is 0 Å². The highest BCUT2D eigenvalue weighted by atomic mass is 32.1. The fourth-order valence-electron chi connectivity index (χ4n) is 4.07. The summed E-state index contributed by atoms with van der Waals surface area (Å²) in [5, 5.41) is 1.04. The van der Waals surface area contributed by atoms with E-state index in [1.165, 1.54) is 17.0 Å². The van der Waals surface area contributed by atoms with Crippen LogP contribution in [-0.4, -0.2) is 34.8 Å². The summed E-state index contributed by atoms with van der Waals surface area (Å²) in [7, 11) is 0. The van der Waals surface area contributed by atoms with Crippen molar-refractivity contribution in [3.05, 3.63) is 58.9 Å². The van der Waals surface area contributed by atoms with E-state index >= 15 is 0 Å². The Balaban J connectivity index is 1.46. The van der Waals surface area contributed by atoms with Gasteiger partial charge in [0.15, 0.2) is 0 Å². The molecule has 1 atom stereocenters. The maximum atomic E-state index is 13.5. The van der Waals surface area contributed by atoms with E-state index in [9.17, 15) is 14.0 Å². The molecule has 1 amide bonds. The molecule has 5 rings (SSSR count). The molecule has 0 aliphatic carbocycles. The number of piperidine rings is 1. The van der Waals surface area contributed by atoms with Crippen LogP contribution in [0.5, 0.6) is 0 Å². The molecule has 3 aromatic rings. The number of aromatic nitrogens is 1. The number of anilines is 1. The Labute approximate surface area is 165 Å². The first-order valence-corrected chi connectivity index (χ1v) is 10.2. The number of benzene rings is 2. The van der Waals surface area contributed by atoms with Crippen LogP contribution in [0.15, 0.2) is 42.5 Å². The van der Waals surface area contributed by atoms with Crippen LogP contribution in [0.4, 0.5) is 10.1 Å². The lowest BCUT2D eigenvalue weighted by atomic mass is 10.0. The molecule has 1 saturated heterocycles. The number of thiazole rings is 1. The maximum absolute atomic E-state index is 13.5. The zero-order chi connectivity index (χ0) is 19.3. The van der Waals surface area contributed by atoms with Gasteiger partial charge in [-0.1, -0.05) is 18.6 Å². The fraction of sp³-hybridized carbons (Fsp3) is 0.286. The van der Waals surface area contributed by atoms with Gasteiger partial charge in [0.25, 0.3) is 5.78 Å². The molecular formula is C21H18FN3O2S. The van der Waals surface area contributed by atoms with Crippen molar-refractivity contribution in [2.45, 2.75) is 25.3 Å². The number of nitrogens with zero attached hydrogens (tertiary/aromatic N) is 3. The Morgan fingerprint density at radius 1 is 1.14 bits per heavy atom. The number of amides is 1. The smallest absolute Gasteiger partial charge is 0.291 e. The molecule has 0 unspecified atom stereocenters. The predicted molar refractivity (Wildman–Crippen MR) is 106 cm³/mol. The van der Waals surface area contributed by atoms with Gasteiger partial charge in [-0.3, -0.25) is 19.4 Å². The first-order valence-electron chi connectivity index (χ1n) is 9.37. The molecule has 28 heavy (non-hydrogen) atoms. The third-order valence-corrected chi connectivity index (χ3v) is 6.60. The van der Waals surface area contributed by atoms with E-state index < -0.39 is 17.5 Å². The van der Waals surface area contributed by atoms with Crippen LogP contribution in [0.3, 0.4) is 0 Å². The molecule has 5 nitrogen and oxygen atoms in total. The summed E-state index contributed by atoms with van der Waals surface area (Å²) in [4.78, 5) is 33.3. The van der Waals surface area contributed by atoms with E-state index in [0.717, 1.165) is 47.1 Å². The van der Waals surface area contributed by atoms with Gasteiger partial charge in [-0.15, -0.1) is 11.3 Å². The van der Waals surface area contributed by atoms with E-state index in [1.54, 1.807) is 11.3 Å². The summed E-state index contributed by atoms with van der Waals surface area (Å²) in [6.07, 6.45) is 3.10. The number of likely N-dealkylation sites (tertiary alicyclic amines) is 1. The Morgan fingerprint density at radius 3 is 2.86 bits per heavy atom. The topological polar surface area (TPSA) is 53.5 Å². The summed E-state index contributed by atoms with van der Waals surface area (Å²) < 4.78 is 14.7. The Morgan fingerprint density at radius 2 is 2.00 bits per heavy atom. The highest BCUT2D eigenvalue weighted by molar-refractivity contribution is 7.18. The minimum absolute atomic E-state index is 0.110. The van der Waals surface area contributed by atoms with Crippen molar-refractivity contribution in [3.8, 4) is 0 Å². The van der Waals surface area contributed by atoms with Crippen molar-refractivity contribution in [1.29, 1.82) is 0 Å². The fourth-order valence-corrected chi connectivity index (χ4v) is 5.20. The minimum Gasteiger partial charge on any atom is -0.291 e. The second-order valence-electron chi connectivity index (χ2n) is 7.21. The first-order chi connectivity index (χ1) is 13.6. The number of hydrogen-bond acceptors (Lipinski definition) is 5. The van der Waals surface area contributed by atoms with Crippen molar-refractivity contribution in [2.24, 2.45) is 0 Å². The molecule has 7 heteroatoms. The first kappa shape index (κ1) is 17.5. The normalized spacial score (nSPS) is 20.2. The van der Waals surface area contributed by atoms with Gasteiger partial charge in [-0.05, 0) is 43.2 Å². The van der Waals surface area contributed by atoms with Crippen LogP contribution < -0.4 is 4.90 Å². The predicted octanol–water partition coefficient (Wildman–Crippen LogP) is 4.15. The molecule has 0 saturated carbocycles. The van der Waals surface area contributed by atoms with Crippen molar-refractivity contribution in [1.82, 2.24) is 9.88 Å². The molecule has 0 bridgehead atoms. The molecule has 2 aliphatic rings. The third kappa shape index (κ3) is 2.82. The van der Waals surface area contributed by atoms with Crippen molar-refractivity contribution in [3.63, 3.8) is 0 Å². The zero-order valence-corrected chi connectivity index (χ0v) is 15.9. The largest absolute Gasteiger partial charge is 0.300 e. The van der Waals surface area contributed by atoms with Gasteiger partial charge >= 0.3 is 5.91 Å². The number of para-hydroxylation sites is 1. The summed E-state index contributed by atoms with van der Waals surface area (Å²) in [5.41, 5.74) is 1.63. The summed E-state index contributed by atoms with van der Waals surface area (Å²) in [5.74, 6) is -1.73. The lowest BCUT2D eigenvalue weighted by molar-refractivity contribution is -0.114. The van der Waals surface area contributed by atoms with Crippen LogP contribution in [-0.2, 0) is 4.79 Å². The Kier molecular flexibility index (Phi) is 4.21. The van der Waals surface area contributed by atoms with Crippen molar-refractivity contribution in [2.75, 3.05) is 18.1 Å². The molecule has 0 N–H and O–H groups in total. The van der Waals surface area contributed by atoms with E-state index in [1.807, 2.05) is 18.2 Å². The number of hydrogen-bond donors (Lipinski definition) is 0. The highest BCUT2D eigenvalue weighted by Crippen LogP contribution is 2.37. The number of fused-ring (bicyclic) bond motifs is 2. The van der Waals surface area contributed by atoms with Crippen LogP contribution in [0, 0.1) is 5.82 Å². The zero-order valence-electron chi connectivity index (χ0n) is 15.1. The van der Waals surface area contributed by atoms with Crippen LogP contribution in [0.25, 0.3) is 10.2 Å². The second-order valence-corrected chi connectivity index (χ2v) is 8.27. The minimum atomic E-state index is -0.636. The average Bonchev–Trinajstić information content (AvgIpc) is 3.24. The number of carbonyl (C=O) groups excluding carboxylic acids is 2. The quantitative estimate of drug-likeness (QED) is 0.625. The standard InChI is InChI=1S/C21H18FN3O2S/c22-13-8-9-16-14(11-13)19(26)21(27)25(16)12-24-10-4-3-6-17(24)20-23-15-5-1-2-7-18(15)28-20/h1-2,5,7-9,11,17H,3-4,6,10,12H2/t17-/m1/s1. The molecule has 0 spiro atoms. The van der Waals surface area contributed by atoms with Gasteiger partial charge in [0, 0.05) is 6.54 Å². The van der Waals surface area contributed by atoms with Crippen molar-refractivity contribution >= 4 is 38.9 Å². The monoisotopic (exact) mass is 395 g/mol. The van der Waals surface area contributed by atoms with Crippen LogP contribution >= 0.6 is 11.3 Å². The lowest BCUT2D eigenvalue weighted by Crippen LogP contribution is -2.44. The number of carbonyl (C=O) groups is 2. The second kappa shape index (κ2) is 6.76. The van der Waals surface area contributed by atoms with Gasteiger partial charge in [0.2, 0.25) is 0 Å². The van der Waals surface area contributed by atoms with Crippen molar-refractivity contribution < 1.29 is 14.0 Å². The molecule has 2 aliphatic heterocycles.